The maximum absolute atomic E-state index is 12.2. The normalized spacial score (nSPS) is 15.0. The maximum atomic E-state index is 12.2. The SMILES string of the molecule is O=C(NCCCN1CCCCCC1=O)c1cnn(-c2ccccc2)c1. The minimum Gasteiger partial charge on any atom is -0.352 e. The Labute approximate surface area is 147 Å². The second-order valence-electron chi connectivity index (χ2n) is 6.31. The molecule has 2 aromatic rings. The van der Waals surface area contributed by atoms with E-state index in [1.807, 2.05) is 35.2 Å². The highest BCUT2D eigenvalue weighted by Crippen LogP contribution is 2.11. The van der Waals surface area contributed by atoms with Gasteiger partial charge in [-0.2, -0.15) is 5.10 Å². The number of amides is 2. The molecule has 2 amide bonds. The molecule has 1 aromatic carbocycles. The standard InChI is InChI=1S/C19H24N4O2/c24-18-10-5-2-6-12-22(18)13-7-11-20-19(25)16-14-21-23(15-16)17-8-3-1-4-9-17/h1,3-4,8-9,14-15H,2,5-7,10-13H2,(H,20,25). The number of nitrogens with one attached hydrogen (secondary N) is 1. The summed E-state index contributed by atoms with van der Waals surface area (Å²) in [6, 6.07) is 9.68. The van der Waals surface area contributed by atoms with Gasteiger partial charge in [-0.1, -0.05) is 24.6 Å². The van der Waals surface area contributed by atoms with Crippen LogP contribution in [0.1, 0.15) is 42.5 Å². The Bertz CT molecular complexity index is 711. The fraction of sp³-hybridized carbons (Fsp3) is 0.421. The second-order valence-corrected chi connectivity index (χ2v) is 6.31. The Morgan fingerprint density at radius 1 is 1.16 bits per heavy atom. The molecule has 25 heavy (non-hydrogen) atoms. The average Bonchev–Trinajstić information content (AvgIpc) is 3.05. The predicted octanol–water partition coefficient (Wildman–Crippen LogP) is 2.39. The van der Waals surface area contributed by atoms with Crippen molar-refractivity contribution >= 4 is 11.8 Å². The van der Waals surface area contributed by atoms with Crippen molar-refractivity contribution in [1.82, 2.24) is 20.0 Å². The summed E-state index contributed by atoms with van der Waals surface area (Å²) in [4.78, 5) is 26.1. The third kappa shape index (κ3) is 4.68. The molecule has 0 bridgehead atoms. The van der Waals surface area contributed by atoms with Gasteiger partial charge in [0.1, 0.15) is 0 Å². The molecular formula is C19H24N4O2. The lowest BCUT2D eigenvalue weighted by molar-refractivity contribution is -0.130. The molecule has 2 heterocycles. The molecule has 0 atom stereocenters. The van der Waals surface area contributed by atoms with Crippen LogP contribution in [-0.4, -0.2) is 46.1 Å². The Balaban J connectivity index is 1.45. The first kappa shape index (κ1) is 17.2. The number of rotatable bonds is 6. The van der Waals surface area contributed by atoms with Gasteiger partial charge in [-0.3, -0.25) is 9.59 Å². The number of hydrogen-bond acceptors (Lipinski definition) is 3. The molecule has 0 spiro atoms. The van der Waals surface area contributed by atoms with Crippen molar-refractivity contribution < 1.29 is 9.59 Å². The molecular weight excluding hydrogens is 316 g/mol. The van der Waals surface area contributed by atoms with E-state index in [0.29, 0.717) is 25.1 Å². The number of carbonyl (C=O) groups excluding carboxylic acids is 2. The van der Waals surface area contributed by atoms with Gasteiger partial charge in [-0.25, -0.2) is 4.68 Å². The number of aromatic nitrogens is 2. The van der Waals surface area contributed by atoms with Crippen molar-refractivity contribution in [3.8, 4) is 5.69 Å². The minimum absolute atomic E-state index is 0.135. The number of para-hydroxylation sites is 1. The Morgan fingerprint density at radius 2 is 2.00 bits per heavy atom. The largest absolute Gasteiger partial charge is 0.352 e. The molecule has 1 fully saturated rings. The van der Waals surface area contributed by atoms with Crippen LogP contribution in [0, 0.1) is 0 Å². The number of likely N-dealkylation sites (tertiary alicyclic amines) is 1. The van der Waals surface area contributed by atoms with Crippen LogP contribution in [0.3, 0.4) is 0 Å². The summed E-state index contributed by atoms with van der Waals surface area (Å²) >= 11 is 0. The monoisotopic (exact) mass is 340 g/mol. The lowest BCUT2D eigenvalue weighted by Crippen LogP contribution is -2.33. The predicted molar refractivity (Wildman–Crippen MR) is 95.6 cm³/mol. The molecule has 1 aliphatic rings. The van der Waals surface area contributed by atoms with Gasteiger partial charge >= 0.3 is 0 Å². The van der Waals surface area contributed by atoms with Gasteiger partial charge in [-0.05, 0) is 31.4 Å². The molecule has 6 nitrogen and oxygen atoms in total. The number of nitrogens with zero attached hydrogens (tertiary/aromatic N) is 3. The molecule has 1 aliphatic heterocycles. The topological polar surface area (TPSA) is 67.2 Å². The second kappa shape index (κ2) is 8.46. The van der Waals surface area contributed by atoms with E-state index in [1.54, 1.807) is 17.1 Å². The van der Waals surface area contributed by atoms with Crippen LogP contribution in [0.25, 0.3) is 5.69 Å². The van der Waals surface area contributed by atoms with Crippen molar-refractivity contribution in [2.45, 2.75) is 32.1 Å². The summed E-state index contributed by atoms with van der Waals surface area (Å²) in [5.74, 6) is 0.109. The van der Waals surface area contributed by atoms with Crippen molar-refractivity contribution in [2.75, 3.05) is 19.6 Å². The first-order valence-electron chi connectivity index (χ1n) is 8.90. The van der Waals surface area contributed by atoms with E-state index < -0.39 is 0 Å². The summed E-state index contributed by atoms with van der Waals surface area (Å²) in [7, 11) is 0. The summed E-state index contributed by atoms with van der Waals surface area (Å²) in [5, 5.41) is 7.14. The summed E-state index contributed by atoms with van der Waals surface area (Å²) < 4.78 is 1.69. The zero-order valence-electron chi connectivity index (χ0n) is 14.4. The summed E-state index contributed by atoms with van der Waals surface area (Å²) in [6.07, 6.45) is 7.93. The van der Waals surface area contributed by atoms with E-state index in [2.05, 4.69) is 10.4 Å². The van der Waals surface area contributed by atoms with Gasteiger partial charge in [0.15, 0.2) is 0 Å². The van der Waals surface area contributed by atoms with Crippen molar-refractivity contribution in [3.05, 3.63) is 48.3 Å². The molecule has 1 N–H and O–H groups in total. The molecule has 0 unspecified atom stereocenters. The number of benzene rings is 1. The van der Waals surface area contributed by atoms with Crippen molar-refractivity contribution in [2.24, 2.45) is 0 Å². The van der Waals surface area contributed by atoms with Crippen LogP contribution in [-0.2, 0) is 4.79 Å². The van der Waals surface area contributed by atoms with Crippen molar-refractivity contribution in [3.63, 3.8) is 0 Å². The van der Waals surface area contributed by atoms with E-state index in [4.69, 9.17) is 0 Å². The Kier molecular flexibility index (Phi) is 5.82. The highest BCUT2D eigenvalue weighted by molar-refractivity contribution is 5.93. The highest BCUT2D eigenvalue weighted by Gasteiger charge is 2.16. The van der Waals surface area contributed by atoms with Gasteiger partial charge in [0, 0.05) is 32.3 Å². The summed E-state index contributed by atoms with van der Waals surface area (Å²) in [6.45, 7) is 2.11. The average molecular weight is 340 g/mol. The quantitative estimate of drug-likeness (QED) is 0.821. The molecule has 6 heteroatoms. The van der Waals surface area contributed by atoms with Gasteiger partial charge in [-0.15, -0.1) is 0 Å². The molecule has 3 rings (SSSR count). The van der Waals surface area contributed by atoms with Crippen molar-refractivity contribution in [1.29, 1.82) is 0 Å². The third-order valence-corrected chi connectivity index (χ3v) is 4.43. The summed E-state index contributed by atoms with van der Waals surface area (Å²) in [5.41, 5.74) is 1.45. The molecule has 0 radical (unpaired) electrons. The van der Waals surface area contributed by atoms with Crippen LogP contribution in [0.5, 0.6) is 0 Å². The smallest absolute Gasteiger partial charge is 0.254 e. The van der Waals surface area contributed by atoms with E-state index in [9.17, 15) is 9.59 Å². The molecule has 0 aliphatic carbocycles. The lowest BCUT2D eigenvalue weighted by atomic mass is 10.2. The number of hydrogen-bond donors (Lipinski definition) is 1. The van der Waals surface area contributed by atoms with Gasteiger partial charge in [0.2, 0.25) is 5.91 Å². The van der Waals surface area contributed by atoms with E-state index in [-0.39, 0.29) is 11.8 Å². The number of carbonyl (C=O) groups is 2. The van der Waals surface area contributed by atoms with E-state index in [0.717, 1.165) is 37.9 Å². The van der Waals surface area contributed by atoms with Crippen LogP contribution in [0.15, 0.2) is 42.7 Å². The molecule has 1 saturated heterocycles. The first-order valence-corrected chi connectivity index (χ1v) is 8.90. The maximum Gasteiger partial charge on any atom is 0.254 e. The molecule has 132 valence electrons. The lowest BCUT2D eigenvalue weighted by Gasteiger charge is -2.20. The van der Waals surface area contributed by atoms with Crippen LogP contribution in [0.4, 0.5) is 0 Å². The zero-order valence-corrected chi connectivity index (χ0v) is 14.4. The fourth-order valence-corrected chi connectivity index (χ4v) is 3.01. The first-order chi connectivity index (χ1) is 12.2. The Hall–Kier alpha value is -2.63. The van der Waals surface area contributed by atoms with Gasteiger partial charge in [0.05, 0.1) is 17.4 Å². The van der Waals surface area contributed by atoms with E-state index in [1.165, 1.54) is 0 Å². The van der Waals surface area contributed by atoms with Crippen LogP contribution < -0.4 is 5.32 Å². The van der Waals surface area contributed by atoms with Crippen LogP contribution >= 0.6 is 0 Å². The zero-order chi connectivity index (χ0) is 17.5. The third-order valence-electron chi connectivity index (χ3n) is 4.43. The molecule has 0 saturated carbocycles. The van der Waals surface area contributed by atoms with Crippen LogP contribution in [0.2, 0.25) is 0 Å². The molecule has 1 aromatic heterocycles. The fourth-order valence-electron chi connectivity index (χ4n) is 3.01. The van der Waals surface area contributed by atoms with E-state index >= 15 is 0 Å². The minimum atomic E-state index is -0.135. The van der Waals surface area contributed by atoms with Gasteiger partial charge in [0.25, 0.3) is 5.91 Å². The Morgan fingerprint density at radius 3 is 2.84 bits per heavy atom. The highest BCUT2D eigenvalue weighted by atomic mass is 16.2. The van der Waals surface area contributed by atoms with Gasteiger partial charge < -0.3 is 10.2 Å².